The minimum Gasteiger partial charge on any atom is -0.337 e. The van der Waals surface area contributed by atoms with Crippen molar-refractivity contribution in [3.05, 3.63) is 47.9 Å². The Labute approximate surface area is 188 Å². The molecule has 1 atom stereocenters. The van der Waals surface area contributed by atoms with E-state index in [0.29, 0.717) is 23.3 Å². The number of carbonyl (C=O) groups excluding carboxylic acids is 1. The second-order valence-electron chi connectivity index (χ2n) is 8.88. The second kappa shape index (κ2) is 8.31. The minimum atomic E-state index is -3.06. The van der Waals surface area contributed by atoms with E-state index in [1.54, 1.807) is 0 Å². The minimum absolute atomic E-state index is 0.0848. The van der Waals surface area contributed by atoms with Gasteiger partial charge < -0.3 is 9.47 Å². The summed E-state index contributed by atoms with van der Waals surface area (Å²) in [6, 6.07) is 11.6. The van der Waals surface area contributed by atoms with Gasteiger partial charge in [0.05, 0.1) is 28.8 Å². The van der Waals surface area contributed by atoms with Gasteiger partial charge in [-0.25, -0.2) is 18.4 Å². The zero-order valence-corrected chi connectivity index (χ0v) is 19.1. The number of likely N-dealkylation sites (tertiary alicyclic amines) is 1. The maximum atomic E-state index is 13.6. The van der Waals surface area contributed by atoms with Crippen molar-refractivity contribution in [3.63, 3.8) is 0 Å². The molecule has 168 valence electrons. The highest BCUT2D eigenvalue weighted by molar-refractivity contribution is 7.91. The van der Waals surface area contributed by atoms with Gasteiger partial charge in [-0.15, -0.1) is 0 Å². The number of rotatable bonds is 3. The first-order valence-corrected chi connectivity index (χ1v) is 13.2. The molecule has 32 heavy (non-hydrogen) atoms. The molecule has 5 rings (SSSR count). The molecule has 1 unspecified atom stereocenters. The average Bonchev–Trinajstić information content (AvgIpc) is 3.16. The molecular weight excluding hydrogens is 424 g/mol. The summed E-state index contributed by atoms with van der Waals surface area (Å²) in [7, 11) is -3.06. The molecule has 0 radical (unpaired) electrons. The van der Waals surface area contributed by atoms with Crippen LogP contribution in [-0.4, -0.2) is 58.4 Å². The highest BCUT2D eigenvalue weighted by atomic mass is 32.2. The highest BCUT2D eigenvalue weighted by Gasteiger charge is 2.33. The van der Waals surface area contributed by atoms with Crippen LogP contribution in [0.2, 0.25) is 0 Å². The van der Waals surface area contributed by atoms with Crippen molar-refractivity contribution in [1.29, 1.82) is 0 Å². The number of fused-ring (bicyclic) bond motifs is 1. The lowest BCUT2D eigenvalue weighted by atomic mass is 10.1. The number of benzene rings is 1. The zero-order valence-electron chi connectivity index (χ0n) is 18.3. The summed E-state index contributed by atoms with van der Waals surface area (Å²) in [6.45, 7) is 3.35. The van der Waals surface area contributed by atoms with Gasteiger partial charge in [-0.1, -0.05) is 43.2 Å². The molecule has 3 aromatic rings. The van der Waals surface area contributed by atoms with E-state index < -0.39 is 9.84 Å². The van der Waals surface area contributed by atoms with E-state index in [9.17, 15) is 13.2 Å². The fraction of sp³-hybridized carbons (Fsp3) is 0.458. The van der Waals surface area contributed by atoms with E-state index in [2.05, 4.69) is 0 Å². The molecule has 2 aliphatic rings. The predicted molar refractivity (Wildman–Crippen MR) is 124 cm³/mol. The lowest BCUT2D eigenvalue weighted by molar-refractivity contribution is 0.0758. The number of pyridine rings is 1. The van der Waals surface area contributed by atoms with Gasteiger partial charge in [-0.3, -0.25) is 4.79 Å². The fourth-order valence-electron chi connectivity index (χ4n) is 4.98. The van der Waals surface area contributed by atoms with Crippen molar-refractivity contribution in [3.8, 4) is 11.3 Å². The van der Waals surface area contributed by atoms with Crippen LogP contribution >= 0.6 is 0 Å². The lowest BCUT2D eigenvalue weighted by Gasteiger charge is -2.20. The summed E-state index contributed by atoms with van der Waals surface area (Å²) in [4.78, 5) is 25.1. The highest BCUT2D eigenvalue weighted by Crippen LogP contribution is 2.33. The average molecular weight is 453 g/mol. The van der Waals surface area contributed by atoms with Gasteiger partial charge in [-0.2, -0.15) is 0 Å². The van der Waals surface area contributed by atoms with Gasteiger partial charge in [0.1, 0.15) is 11.3 Å². The summed E-state index contributed by atoms with van der Waals surface area (Å²) in [5.41, 5.74) is 3.35. The molecular formula is C24H28N4O3S. The molecule has 2 saturated heterocycles. The smallest absolute Gasteiger partial charge is 0.274 e. The van der Waals surface area contributed by atoms with E-state index in [1.807, 2.05) is 52.8 Å². The van der Waals surface area contributed by atoms with E-state index in [0.717, 1.165) is 55.7 Å². The number of aryl methyl sites for hydroxylation is 1. The van der Waals surface area contributed by atoms with Crippen molar-refractivity contribution < 1.29 is 13.2 Å². The number of amides is 1. The molecule has 0 spiro atoms. The number of nitrogens with zero attached hydrogens (tertiary/aromatic N) is 4. The third kappa shape index (κ3) is 3.92. The fourth-order valence-corrected chi connectivity index (χ4v) is 6.68. The summed E-state index contributed by atoms with van der Waals surface area (Å²) in [6.07, 6.45) is 4.84. The Morgan fingerprint density at radius 3 is 2.41 bits per heavy atom. The first-order valence-electron chi connectivity index (χ1n) is 11.4. The van der Waals surface area contributed by atoms with Crippen LogP contribution < -0.4 is 0 Å². The van der Waals surface area contributed by atoms with Crippen molar-refractivity contribution in [2.75, 3.05) is 24.6 Å². The van der Waals surface area contributed by atoms with Crippen LogP contribution in [0, 0.1) is 6.92 Å². The predicted octanol–water partition coefficient (Wildman–Crippen LogP) is 3.78. The lowest BCUT2D eigenvalue weighted by Crippen LogP contribution is -2.32. The first-order chi connectivity index (χ1) is 15.4. The number of carbonyl (C=O) groups is 1. The monoisotopic (exact) mass is 452 g/mol. The molecule has 2 fully saturated rings. The zero-order chi connectivity index (χ0) is 22.3. The second-order valence-corrected chi connectivity index (χ2v) is 11.1. The largest absolute Gasteiger partial charge is 0.337 e. The summed E-state index contributed by atoms with van der Waals surface area (Å²) < 4.78 is 26.4. The van der Waals surface area contributed by atoms with Crippen LogP contribution in [0.25, 0.3) is 22.3 Å². The molecule has 0 N–H and O–H groups in total. The van der Waals surface area contributed by atoms with E-state index in [1.165, 1.54) is 0 Å². The molecule has 1 aromatic carbocycles. The van der Waals surface area contributed by atoms with Gasteiger partial charge in [-0.05, 0) is 32.3 Å². The number of hydrogen-bond donors (Lipinski definition) is 0. The van der Waals surface area contributed by atoms with Crippen LogP contribution in [0.4, 0.5) is 0 Å². The third-order valence-corrected chi connectivity index (χ3v) is 8.34. The van der Waals surface area contributed by atoms with Crippen LogP contribution in [0.15, 0.2) is 36.4 Å². The van der Waals surface area contributed by atoms with Crippen LogP contribution in [0.1, 0.15) is 54.5 Å². The van der Waals surface area contributed by atoms with Crippen molar-refractivity contribution >= 4 is 26.8 Å². The quantitative estimate of drug-likeness (QED) is 0.604. The standard InChI is InChI=1S/C24H28N4O3S/c1-17-25-22-21(28(17)19-11-14-32(30,31)16-19)15-20(18-9-5-4-6-10-18)26-23(22)24(29)27-12-7-2-3-8-13-27/h4-6,9-10,15,19H,2-3,7-8,11-14,16H2,1H3. The van der Waals surface area contributed by atoms with Crippen molar-refractivity contribution in [2.24, 2.45) is 0 Å². The molecule has 0 aliphatic carbocycles. The first kappa shape index (κ1) is 21.1. The SMILES string of the molecule is Cc1nc2c(C(=O)N3CCCCCC3)nc(-c3ccccc3)cc2n1C1CCS(=O)(=O)C1. The molecule has 0 saturated carbocycles. The van der Waals surface area contributed by atoms with Gasteiger partial charge in [0.15, 0.2) is 15.5 Å². The van der Waals surface area contributed by atoms with Crippen LogP contribution in [0.5, 0.6) is 0 Å². The number of hydrogen-bond acceptors (Lipinski definition) is 5. The number of aromatic nitrogens is 3. The van der Waals surface area contributed by atoms with Gasteiger partial charge in [0, 0.05) is 18.7 Å². The van der Waals surface area contributed by atoms with Gasteiger partial charge in [0.25, 0.3) is 5.91 Å². The summed E-state index contributed by atoms with van der Waals surface area (Å²) >= 11 is 0. The van der Waals surface area contributed by atoms with E-state index in [-0.39, 0.29) is 23.5 Å². The number of imidazole rings is 1. The molecule has 0 bridgehead atoms. The Morgan fingerprint density at radius 2 is 1.75 bits per heavy atom. The molecule has 1 amide bonds. The Morgan fingerprint density at radius 1 is 1.03 bits per heavy atom. The Bertz CT molecular complexity index is 1260. The molecule has 2 aliphatic heterocycles. The molecule has 2 aromatic heterocycles. The van der Waals surface area contributed by atoms with E-state index >= 15 is 0 Å². The maximum Gasteiger partial charge on any atom is 0.274 e. The Kier molecular flexibility index (Phi) is 5.49. The Hall–Kier alpha value is -2.74. The molecule has 8 heteroatoms. The third-order valence-electron chi connectivity index (χ3n) is 6.59. The maximum absolute atomic E-state index is 13.6. The van der Waals surface area contributed by atoms with Gasteiger partial charge in [0.2, 0.25) is 0 Å². The van der Waals surface area contributed by atoms with Crippen LogP contribution in [0.3, 0.4) is 0 Å². The summed E-state index contributed by atoms with van der Waals surface area (Å²) in [5, 5.41) is 0. The van der Waals surface area contributed by atoms with Crippen molar-refractivity contribution in [1.82, 2.24) is 19.4 Å². The summed E-state index contributed by atoms with van der Waals surface area (Å²) in [5.74, 6) is 0.933. The topological polar surface area (TPSA) is 85.2 Å². The van der Waals surface area contributed by atoms with Gasteiger partial charge >= 0.3 is 0 Å². The Balaban J connectivity index is 1.68. The van der Waals surface area contributed by atoms with Crippen LogP contribution in [-0.2, 0) is 9.84 Å². The van der Waals surface area contributed by atoms with E-state index in [4.69, 9.17) is 9.97 Å². The normalized spacial score (nSPS) is 21.0. The molecule has 7 nitrogen and oxygen atoms in total. The number of sulfone groups is 1. The van der Waals surface area contributed by atoms with Crippen molar-refractivity contribution in [2.45, 2.75) is 45.1 Å². The molecule has 4 heterocycles.